The van der Waals surface area contributed by atoms with E-state index in [1.54, 1.807) is 0 Å². The van der Waals surface area contributed by atoms with Crippen LogP contribution in [-0.2, 0) is 4.70 Å². The van der Waals surface area contributed by atoms with Gasteiger partial charge in [0.2, 0.25) is 0 Å². The van der Waals surface area contributed by atoms with Crippen LogP contribution < -0.4 is 0 Å². The first kappa shape index (κ1) is 34.9. The fourth-order valence-electron chi connectivity index (χ4n) is 0. The monoisotopic (exact) mass is 87.0 g/mol. The van der Waals surface area contributed by atoms with E-state index in [9.17, 15) is 0 Å². The van der Waals surface area contributed by atoms with Crippen molar-refractivity contribution in [2.45, 2.75) is 0 Å². The van der Waals surface area contributed by atoms with Gasteiger partial charge in [-0.25, -0.2) is 0 Å². The van der Waals surface area contributed by atoms with Gasteiger partial charge in [0.05, 0.1) is 0 Å². The van der Waals surface area contributed by atoms with Crippen LogP contribution in [0.4, 0.5) is 0 Å². The molecule has 0 rings (SSSR count). The fraction of sp³-hybridized carbons (Fsp3) is 0. The van der Waals surface area contributed by atoms with Gasteiger partial charge in [-0.05, 0) is 0 Å². The van der Waals surface area contributed by atoms with Crippen LogP contribution in [-0.4, -0.2) is 42.2 Å². The van der Waals surface area contributed by atoms with Gasteiger partial charge in [0, 0.05) is 18.9 Å². The Hall–Kier alpha value is 0.182. The maximum absolute atomic E-state index is 8.36. The zero-order chi connectivity index (χ0) is 2.71. The standard InChI is InChI=1S/BHO2.Li.2H2O/c2-1-3;;;/h2H;;2*1H2. The second kappa shape index (κ2) is 64.8. The molecule has 0 aromatic rings. The van der Waals surface area contributed by atoms with E-state index in [-0.39, 0.29) is 37.2 Å². The third-order valence-corrected chi connectivity index (χ3v) is 0. The van der Waals surface area contributed by atoms with E-state index in [1.165, 1.54) is 0 Å². The SMILES string of the molecule is O.O.O=BO.[Li]. The molecule has 0 aliphatic rings. The summed E-state index contributed by atoms with van der Waals surface area (Å²) < 4.78 is 8.36. The Morgan fingerprint density at radius 1 is 1.33 bits per heavy atom. The molecule has 0 saturated carbocycles. The molecule has 5 N–H and O–H groups in total. The molecule has 6 heavy (non-hydrogen) atoms. The minimum atomic E-state index is -0.250. The molecular formula is H5BLiO4. The van der Waals surface area contributed by atoms with E-state index in [2.05, 4.69) is 0 Å². The van der Waals surface area contributed by atoms with Crippen LogP contribution in [0.1, 0.15) is 0 Å². The van der Waals surface area contributed by atoms with Crippen molar-refractivity contribution in [2.75, 3.05) is 0 Å². The first-order valence-electron chi connectivity index (χ1n) is 0.494. The molecule has 0 aliphatic heterocycles. The first-order chi connectivity index (χ1) is 1.41. The molecule has 33 valence electrons. The van der Waals surface area contributed by atoms with Crippen LogP contribution >= 0.6 is 0 Å². The number of hydrogen-bond donors (Lipinski definition) is 1. The van der Waals surface area contributed by atoms with Gasteiger partial charge in [0.1, 0.15) is 0 Å². The van der Waals surface area contributed by atoms with Crippen molar-refractivity contribution >= 4 is 26.2 Å². The predicted octanol–water partition coefficient (Wildman–Crippen LogP) is -3.09. The summed E-state index contributed by atoms with van der Waals surface area (Å²) >= 11 is 0. The molecule has 6 heteroatoms. The van der Waals surface area contributed by atoms with Crippen LogP contribution in [0.5, 0.6) is 0 Å². The van der Waals surface area contributed by atoms with Gasteiger partial charge in [0.25, 0.3) is 0 Å². The topological polar surface area (TPSA) is 100 Å². The Morgan fingerprint density at radius 3 is 1.33 bits per heavy atom. The van der Waals surface area contributed by atoms with Crippen molar-refractivity contribution < 1.29 is 20.7 Å². The Balaban J connectivity index is -0.00000000667. The van der Waals surface area contributed by atoms with Crippen molar-refractivity contribution in [1.82, 2.24) is 0 Å². The Labute approximate surface area is 47.6 Å². The number of hydrogen-bond acceptors (Lipinski definition) is 1. The van der Waals surface area contributed by atoms with Crippen LogP contribution in [0.15, 0.2) is 0 Å². The summed E-state index contributed by atoms with van der Waals surface area (Å²) in [5.41, 5.74) is 0. The molecule has 1 radical (unpaired) electrons. The average molecular weight is 86.8 g/mol. The molecule has 0 fully saturated rings. The second-order valence-electron chi connectivity index (χ2n) is 0.105. The molecule has 0 saturated heterocycles. The number of rotatable bonds is 0. The quantitative estimate of drug-likeness (QED) is 0.316. The molecule has 4 nitrogen and oxygen atoms in total. The van der Waals surface area contributed by atoms with E-state index in [0.29, 0.717) is 0 Å². The van der Waals surface area contributed by atoms with Gasteiger partial charge in [-0.1, -0.05) is 0 Å². The summed E-state index contributed by atoms with van der Waals surface area (Å²) in [5, 5.41) is 6.89. The van der Waals surface area contributed by atoms with E-state index >= 15 is 0 Å². The predicted molar refractivity (Wildman–Crippen MR) is 21.6 cm³/mol. The fourth-order valence-corrected chi connectivity index (χ4v) is 0. The van der Waals surface area contributed by atoms with Crippen LogP contribution in [0.2, 0.25) is 0 Å². The molecule has 0 aromatic heterocycles. The van der Waals surface area contributed by atoms with E-state index in [1.807, 2.05) is 0 Å². The van der Waals surface area contributed by atoms with Crippen LogP contribution in [0.25, 0.3) is 0 Å². The van der Waals surface area contributed by atoms with Gasteiger partial charge in [-0.2, -0.15) is 0 Å². The molecule has 0 bridgehead atoms. The third-order valence-electron chi connectivity index (χ3n) is 0. The van der Waals surface area contributed by atoms with Crippen molar-refractivity contribution in [3.8, 4) is 0 Å². The maximum Gasteiger partial charge on any atom is 0 e. The molecule has 0 atom stereocenters. The van der Waals surface area contributed by atoms with Gasteiger partial charge in [-0.3, -0.25) is 0 Å². The van der Waals surface area contributed by atoms with E-state index in [0.717, 1.165) is 0 Å². The molecule has 0 aromatic carbocycles. The van der Waals surface area contributed by atoms with Gasteiger partial charge in [0.15, 0.2) is 0 Å². The van der Waals surface area contributed by atoms with Gasteiger partial charge in [-0.15, -0.1) is 0 Å². The second-order valence-corrected chi connectivity index (χ2v) is 0.105. The van der Waals surface area contributed by atoms with Crippen molar-refractivity contribution in [3.05, 3.63) is 0 Å². The molecule has 0 unspecified atom stereocenters. The minimum absolute atomic E-state index is 0. The zero-order valence-corrected chi connectivity index (χ0v) is 3.43. The normalized spacial score (nSPS) is 1.33. The van der Waals surface area contributed by atoms with Gasteiger partial charge < -0.3 is 11.0 Å². The smallest absolute Gasteiger partial charge is 0 e. The van der Waals surface area contributed by atoms with Crippen molar-refractivity contribution in [3.63, 3.8) is 0 Å². The maximum atomic E-state index is 8.36. The Bertz CT molecular complexity index is 15.0. The molecule has 0 amide bonds. The van der Waals surface area contributed by atoms with Crippen LogP contribution in [0.3, 0.4) is 0 Å². The summed E-state index contributed by atoms with van der Waals surface area (Å²) in [4.78, 5) is 0. The van der Waals surface area contributed by atoms with E-state index in [4.69, 9.17) is 9.73 Å². The third kappa shape index (κ3) is 1270. The molecule has 0 heterocycles. The molecule has 0 aliphatic carbocycles. The zero-order valence-electron chi connectivity index (χ0n) is 3.43. The molecule has 0 spiro atoms. The van der Waals surface area contributed by atoms with Crippen LogP contribution in [0, 0.1) is 0 Å². The summed E-state index contributed by atoms with van der Waals surface area (Å²) in [5.74, 6) is 0. The van der Waals surface area contributed by atoms with Crippen molar-refractivity contribution in [2.24, 2.45) is 0 Å². The molecular weight excluding hydrogens is 81.7 g/mol. The summed E-state index contributed by atoms with van der Waals surface area (Å²) in [7, 11) is -0.250. The van der Waals surface area contributed by atoms with Gasteiger partial charge >= 0.3 is 17.1 Å². The summed E-state index contributed by atoms with van der Waals surface area (Å²) in [6.45, 7) is 0. The van der Waals surface area contributed by atoms with E-state index < -0.39 is 0 Å². The largest absolute Gasteiger partial charge is 0 e. The average Bonchev–Trinajstić information content (AvgIpc) is 0.918. The van der Waals surface area contributed by atoms with Crippen molar-refractivity contribution in [1.29, 1.82) is 0 Å². The Kier molecular flexibility index (Phi) is 377. The summed E-state index contributed by atoms with van der Waals surface area (Å²) in [6.07, 6.45) is 0. The minimum Gasteiger partial charge on any atom is 0 e. The first-order valence-corrected chi connectivity index (χ1v) is 0.494. The summed E-state index contributed by atoms with van der Waals surface area (Å²) in [6, 6.07) is 0. The Morgan fingerprint density at radius 2 is 1.33 bits per heavy atom.